The molecule has 0 radical (unpaired) electrons. The van der Waals surface area contributed by atoms with E-state index in [2.05, 4.69) is 4.98 Å². The van der Waals surface area contributed by atoms with Crippen molar-refractivity contribution in [2.45, 2.75) is 31.5 Å². The molecule has 1 aliphatic rings. The fraction of sp³-hybridized carbons (Fsp3) is 0.417. The van der Waals surface area contributed by atoms with Gasteiger partial charge in [0.1, 0.15) is 10.7 Å². The minimum absolute atomic E-state index is 0.254. The number of aromatic nitrogens is 2. The fourth-order valence-corrected chi connectivity index (χ4v) is 5.43. The van der Waals surface area contributed by atoms with Crippen LogP contribution in [0.3, 0.4) is 0 Å². The molecular weight excluding hydrogens is 298 g/mol. The molecular formula is C12H15N3O3S2. The average Bonchev–Trinajstić information content (AvgIpc) is 3.03. The molecule has 2 aromatic rings. The molecule has 0 spiro atoms. The highest BCUT2D eigenvalue weighted by molar-refractivity contribution is 7.89. The Balaban J connectivity index is 1.99. The summed E-state index contributed by atoms with van der Waals surface area (Å²) in [7, 11) is -3.58. The maximum Gasteiger partial charge on any atom is 0.245 e. The molecule has 0 bridgehead atoms. The third kappa shape index (κ3) is 2.08. The molecule has 1 N–H and O–H groups in total. The summed E-state index contributed by atoms with van der Waals surface area (Å²) in [6.07, 6.45) is 3.54. The SMILES string of the molecule is Cc1csc(CO)c1S(=O)(=O)N1CCn2ccnc2C1. The molecule has 0 unspecified atom stereocenters. The van der Waals surface area contributed by atoms with E-state index in [0.29, 0.717) is 23.5 Å². The normalized spacial score (nSPS) is 16.3. The summed E-state index contributed by atoms with van der Waals surface area (Å²) < 4.78 is 28.9. The number of rotatable bonds is 3. The summed E-state index contributed by atoms with van der Waals surface area (Å²) in [6, 6.07) is 0. The van der Waals surface area contributed by atoms with Gasteiger partial charge >= 0.3 is 0 Å². The first kappa shape index (κ1) is 13.7. The van der Waals surface area contributed by atoms with Crippen molar-refractivity contribution in [3.05, 3.63) is 34.0 Å². The highest BCUT2D eigenvalue weighted by Gasteiger charge is 2.32. The average molecular weight is 313 g/mol. The molecule has 3 heterocycles. The van der Waals surface area contributed by atoms with Gasteiger partial charge in [-0.15, -0.1) is 11.3 Å². The maximum absolute atomic E-state index is 12.8. The van der Waals surface area contributed by atoms with E-state index in [0.717, 1.165) is 5.82 Å². The first-order chi connectivity index (χ1) is 9.54. The number of nitrogens with zero attached hydrogens (tertiary/aromatic N) is 3. The van der Waals surface area contributed by atoms with Crippen LogP contribution in [-0.4, -0.2) is 33.9 Å². The van der Waals surface area contributed by atoms with E-state index in [4.69, 9.17) is 0 Å². The molecule has 3 rings (SSSR count). The number of aliphatic hydroxyl groups is 1. The lowest BCUT2D eigenvalue weighted by Gasteiger charge is -2.27. The second-order valence-electron chi connectivity index (χ2n) is 4.70. The standard InChI is InChI=1S/C12H15N3O3S2/c1-9-8-19-10(7-16)12(9)20(17,18)15-5-4-14-3-2-13-11(14)6-15/h2-3,8,16H,4-7H2,1H3. The Morgan fingerprint density at radius 2 is 2.25 bits per heavy atom. The quantitative estimate of drug-likeness (QED) is 0.915. The van der Waals surface area contributed by atoms with E-state index >= 15 is 0 Å². The van der Waals surface area contributed by atoms with Crippen LogP contribution in [0.2, 0.25) is 0 Å². The molecule has 8 heteroatoms. The third-order valence-electron chi connectivity index (χ3n) is 3.44. The zero-order valence-electron chi connectivity index (χ0n) is 11.0. The molecule has 2 aromatic heterocycles. The van der Waals surface area contributed by atoms with Crippen molar-refractivity contribution in [1.82, 2.24) is 13.9 Å². The van der Waals surface area contributed by atoms with Crippen LogP contribution >= 0.6 is 11.3 Å². The summed E-state index contributed by atoms with van der Waals surface area (Å²) in [4.78, 5) is 4.93. The van der Waals surface area contributed by atoms with Gasteiger partial charge in [-0.25, -0.2) is 13.4 Å². The second-order valence-corrected chi connectivity index (χ2v) is 7.54. The smallest absolute Gasteiger partial charge is 0.245 e. The molecule has 0 atom stereocenters. The van der Waals surface area contributed by atoms with Crippen LogP contribution in [-0.2, 0) is 29.7 Å². The number of hydrogen-bond donors (Lipinski definition) is 1. The molecule has 6 nitrogen and oxygen atoms in total. The predicted octanol–water partition coefficient (Wildman–Crippen LogP) is 0.950. The number of fused-ring (bicyclic) bond motifs is 1. The molecule has 0 saturated carbocycles. The van der Waals surface area contributed by atoms with Crippen molar-refractivity contribution in [2.24, 2.45) is 0 Å². The van der Waals surface area contributed by atoms with E-state index < -0.39 is 10.0 Å². The van der Waals surface area contributed by atoms with Crippen molar-refractivity contribution in [3.63, 3.8) is 0 Å². The summed E-state index contributed by atoms with van der Waals surface area (Å²) in [5.41, 5.74) is 0.688. The number of aryl methyl sites for hydroxylation is 1. The lowest BCUT2D eigenvalue weighted by molar-refractivity contribution is 0.281. The monoisotopic (exact) mass is 313 g/mol. The predicted molar refractivity (Wildman–Crippen MR) is 74.8 cm³/mol. The van der Waals surface area contributed by atoms with Gasteiger partial charge in [-0.2, -0.15) is 4.31 Å². The van der Waals surface area contributed by atoms with Crippen LogP contribution in [0.15, 0.2) is 22.7 Å². The highest BCUT2D eigenvalue weighted by atomic mass is 32.2. The van der Waals surface area contributed by atoms with Crippen LogP contribution < -0.4 is 0 Å². The van der Waals surface area contributed by atoms with Crippen molar-refractivity contribution in [2.75, 3.05) is 6.54 Å². The van der Waals surface area contributed by atoms with Gasteiger partial charge in [0.05, 0.1) is 18.0 Å². The first-order valence-corrected chi connectivity index (χ1v) is 8.54. The van der Waals surface area contributed by atoms with Gasteiger partial charge < -0.3 is 9.67 Å². The lowest BCUT2D eigenvalue weighted by atomic mass is 10.3. The molecule has 0 aromatic carbocycles. The van der Waals surface area contributed by atoms with Crippen molar-refractivity contribution >= 4 is 21.4 Å². The van der Waals surface area contributed by atoms with Gasteiger partial charge in [0.15, 0.2) is 0 Å². The Morgan fingerprint density at radius 3 is 3.00 bits per heavy atom. The van der Waals surface area contributed by atoms with Gasteiger partial charge in [0.2, 0.25) is 10.0 Å². The van der Waals surface area contributed by atoms with Gasteiger partial charge in [0.25, 0.3) is 0 Å². The molecule has 0 fully saturated rings. The first-order valence-electron chi connectivity index (χ1n) is 6.22. The summed E-state index contributed by atoms with van der Waals surface area (Å²) in [5.74, 6) is 0.748. The zero-order chi connectivity index (χ0) is 14.3. The number of thiophene rings is 1. The minimum atomic E-state index is -3.58. The van der Waals surface area contributed by atoms with Crippen LogP contribution in [0, 0.1) is 6.92 Å². The Kier molecular flexibility index (Phi) is 3.41. The molecule has 0 saturated heterocycles. The highest BCUT2D eigenvalue weighted by Crippen LogP contribution is 2.31. The van der Waals surface area contributed by atoms with E-state index in [1.54, 1.807) is 18.5 Å². The van der Waals surface area contributed by atoms with Gasteiger partial charge in [0, 0.05) is 25.5 Å². The van der Waals surface area contributed by atoms with E-state index in [9.17, 15) is 13.5 Å². The zero-order valence-corrected chi connectivity index (χ0v) is 12.6. The van der Waals surface area contributed by atoms with E-state index in [-0.39, 0.29) is 18.0 Å². The Morgan fingerprint density at radius 1 is 1.45 bits per heavy atom. The molecule has 1 aliphatic heterocycles. The Bertz CT molecular complexity index is 733. The summed E-state index contributed by atoms with van der Waals surface area (Å²) in [6.45, 7) is 2.80. The van der Waals surface area contributed by atoms with Crippen molar-refractivity contribution < 1.29 is 13.5 Å². The molecule has 0 aliphatic carbocycles. The topological polar surface area (TPSA) is 75.4 Å². The third-order valence-corrected chi connectivity index (χ3v) is 6.73. The maximum atomic E-state index is 12.8. The lowest BCUT2D eigenvalue weighted by Crippen LogP contribution is -2.38. The van der Waals surface area contributed by atoms with Crippen molar-refractivity contribution in [1.29, 1.82) is 0 Å². The van der Waals surface area contributed by atoms with E-state index in [1.807, 2.05) is 10.8 Å². The second kappa shape index (κ2) is 4.96. The largest absolute Gasteiger partial charge is 0.391 e. The minimum Gasteiger partial charge on any atom is -0.391 e. The molecule has 0 amide bonds. The van der Waals surface area contributed by atoms with E-state index in [1.165, 1.54) is 15.6 Å². The summed E-state index contributed by atoms with van der Waals surface area (Å²) in [5, 5.41) is 11.1. The number of imidazole rings is 1. The van der Waals surface area contributed by atoms with Crippen LogP contribution in [0.1, 0.15) is 16.3 Å². The van der Waals surface area contributed by atoms with Gasteiger partial charge in [-0.05, 0) is 17.9 Å². The number of aliphatic hydroxyl groups excluding tert-OH is 1. The van der Waals surface area contributed by atoms with Gasteiger partial charge in [-0.3, -0.25) is 0 Å². The van der Waals surface area contributed by atoms with Gasteiger partial charge in [-0.1, -0.05) is 0 Å². The van der Waals surface area contributed by atoms with Crippen molar-refractivity contribution in [3.8, 4) is 0 Å². The van der Waals surface area contributed by atoms with Crippen LogP contribution in [0.5, 0.6) is 0 Å². The molecule has 108 valence electrons. The Hall–Kier alpha value is -1.22. The number of hydrogen-bond acceptors (Lipinski definition) is 5. The van der Waals surface area contributed by atoms with Crippen LogP contribution in [0.4, 0.5) is 0 Å². The Labute approximate surface area is 121 Å². The molecule has 20 heavy (non-hydrogen) atoms. The fourth-order valence-electron chi connectivity index (χ4n) is 2.43. The number of sulfonamides is 1. The summed E-state index contributed by atoms with van der Waals surface area (Å²) >= 11 is 1.28. The van der Waals surface area contributed by atoms with Crippen LogP contribution in [0.25, 0.3) is 0 Å².